The van der Waals surface area contributed by atoms with Crippen LogP contribution in [0.1, 0.15) is 30.0 Å². The van der Waals surface area contributed by atoms with Gasteiger partial charge in [0, 0.05) is 37.7 Å². The maximum atomic E-state index is 12.7. The number of ether oxygens (including phenoxy) is 3. The molecule has 0 aliphatic rings. The highest BCUT2D eigenvalue weighted by molar-refractivity contribution is 5.59. The van der Waals surface area contributed by atoms with Crippen molar-refractivity contribution in [1.82, 2.24) is 24.6 Å². The first-order valence-electron chi connectivity index (χ1n) is 12.7. The Balaban J connectivity index is 1.43. The number of aliphatic hydroxyl groups excluding tert-OH is 1. The molecule has 0 aliphatic carbocycles. The number of benzene rings is 2. The molecule has 11 heteroatoms. The van der Waals surface area contributed by atoms with Crippen molar-refractivity contribution in [2.45, 2.75) is 26.3 Å². The molecule has 0 fully saturated rings. The second-order valence-corrected chi connectivity index (χ2v) is 9.03. The lowest BCUT2D eigenvalue weighted by Gasteiger charge is -2.23. The predicted molar refractivity (Wildman–Crippen MR) is 149 cm³/mol. The zero-order chi connectivity index (χ0) is 28.1. The number of rotatable bonds is 11. The SMILES string of the molecule is CCOC(O)c1cc2c(=O)[nH]c(-c3cnc(N(Cc4ccc(OC)cc4)Cc4ccc(OC)cc4)nc3)cn2n1. The number of nitrogens with one attached hydrogen (secondary N) is 1. The molecule has 1 atom stereocenters. The standard InChI is InChI=1S/C29H30N6O5/c1-4-40-28(37)24-13-26-27(36)32-25(18-35(26)33-24)21-14-30-29(31-15-21)34(16-19-5-9-22(38-2)10-6-19)17-20-7-11-23(39-3)12-8-20/h5-15,18,28,37H,4,16-17H2,1-3H3,(H,32,36). The van der Waals surface area contributed by atoms with Crippen molar-refractivity contribution < 1.29 is 19.3 Å². The molecule has 0 bridgehead atoms. The van der Waals surface area contributed by atoms with Crippen LogP contribution in [0, 0.1) is 0 Å². The second kappa shape index (κ2) is 12.0. The molecule has 3 aromatic heterocycles. The Morgan fingerprint density at radius 3 is 2.05 bits per heavy atom. The van der Waals surface area contributed by atoms with Crippen LogP contribution in [0.25, 0.3) is 16.8 Å². The van der Waals surface area contributed by atoms with Gasteiger partial charge in [-0.2, -0.15) is 5.10 Å². The Hall–Kier alpha value is -4.74. The van der Waals surface area contributed by atoms with Gasteiger partial charge in [-0.25, -0.2) is 14.5 Å². The van der Waals surface area contributed by atoms with Crippen molar-refractivity contribution in [2.75, 3.05) is 25.7 Å². The fourth-order valence-corrected chi connectivity index (χ4v) is 4.26. The fraction of sp³-hybridized carbons (Fsp3) is 0.241. The summed E-state index contributed by atoms with van der Waals surface area (Å²) in [5.41, 5.74) is 3.43. The van der Waals surface area contributed by atoms with Gasteiger partial charge in [-0.05, 0) is 48.4 Å². The molecule has 5 aromatic rings. The van der Waals surface area contributed by atoms with Crippen LogP contribution in [-0.4, -0.2) is 50.5 Å². The molecule has 0 aliphatic heterocycles. The van der Waals surface area contributed by atoms with Crippen molar-refractivity contribution in [1.29, 1.82) is 0 Å². The average molecular weight is 543 g/mol. The molecule has 5 rings (SSSR count). The van der Waals surface area contributed by atoms with Gasteiger partial charge < -0.3 is 29.2 Å². The van der Waals surface area contributed by atoms with Gasteiger partial charge in [0.25, 0.3) is 5.56 Å². The quantitative estimate of drug-likeness (QED) is 0.240. The summed E-state index contributed by atoms with van der Waals surface area (Å²) >= 11 is 0. The van der Waals surface area contributed by atoms with E-state index in [2.05, 4.69) is 25.0 Å². The van der Waals surface area contributed by atoms with Gasteiger partial charge >= 0.3 is 0 Å². The van der Waals surface area contributed by atoms with Gasteiger partial charge in [0.15, 0.2) is 6.29 Å². The van der Waals surface area contributed by atoms with Crippen molar-refractivity contribution in [2.24, 2.45) is 0 Å². The van der Waals surface area contributed by atoms with Crippen molar-refractivity contribution >= 4 is 11.5 Å². The van der Waals surface area contributed by atoms with Crippen LogP contribution >= 0.6 is 0 Å². The topological polar surface area (TPSA) is 127 Å². The lowest BCUT2D eigenvalue weighted by atomic mass is 10.1. The molecule has 0 saturated heterocycles. The van der Waals surface area contributed by atoms with Crippen molar-refractivity contribution in [3.63, 3.8) is 0 Å². The third-order valence-electron chi connectivity index (χ3n) is 6.36. The number of nitrogens with zero attached hydrogens (tertiary/aromatic N) is 5. The molecule has 0 spiro atoms. The second-order valence-electron chi connectivity index (χ2n) is 9.03. The lowest BCUT2D eigenvalue weighted by molar-refractivity contribution is -0.101. The number of fused-ring (bicyclic) bond motifs is 1. The van der Waals surface area contributed by atoms with Gasteiger partial charge in [0.2, 0.25) is 5.95 Å². The summed E-state index contributed by atoms with van der Waals surface area (Å²) in [6.07, 6.45) is 3.77. The van der Waals surface area contributed by atoms with Crippen molar-refractivity contribution in [3.05, 3.63) is 100 Å². The van der Waals surface area contributed by atoms with Crippen LogP contribution < -0.4 is 19.9 Å². The molecule has 1 unspecified atom stereocenters. The largest absolute Gasteiger partial charge is 0.497 e. The molecule has 206 valence electrons. The van der Waals surface area contributed by atoms with Crippen LogP contribution in [0.5, 0.6) is 11.5 Å². The van der Waals surface area contributed by atoms with Crippen LogP contribution in [0.15, 0.2) is 78.0 Å². The van der Waals surface area contributed by atoms with E-state index < -0.39 is 6.29 Å². The number of anilines is 1. The molecule has 2 N–H and O–H groups in total. The molecular weight excluding hydrogens is 512 g/mol. The van der Waals surface area contributed by atoms with Gasteiger partial charge in [-0.3, -0.25) is 4.79 Å². The number of aromatic nitrogens is 5. The van der Waals surface area contributed by atoms with Crippen LogP contribution in [0.3, 0.4) is 0 Å². The maximum absolute atomic E-state index is 12.7. The van der Waals surface area contributed by atoms with E-state index in [1.807, 2.05) is 48.5 Å². The Kier molecular flexibility index (Phi) is 8.04. The third kappa shape index (κ3) is 5.95. The molecule has 0 radical (unpaired) electrons. The van der Waals surface area contributed by atoms with E-state index in [9.17, 15) is 9.90 Å². The van der Waals surface area contributed by atoms with E-state index in [1.165, 1.54) is 10.6 Å². The number of methoxy groups -OCH3 is 2. The van der Waals surface area contributed by atoms with Crippen LogP contribution in [-0.2, 0) is 17.8 Å². The number of hydrogen-bond acceptors (Lipinski definition) is 9. The molecule has 2 aromatic carbocycles. The predicted octanol–water partition coefficient (Wildman–Crippen LogP) is 3.73. The number of hydrogen-bond donors (Lipinski definition) is 2. The summed E-state index contributed by atoms with van der Waals surface area (Å²) in [6.45, 7) is 3.21. The molecular formula is C29H30N6O5. The Morgan fingerprint density at radius 2 is 1.52 bits per heavy atom. The van der Waals surface area contributed by atoms with E-state index >= 15 is 0 Å². The highest BCUT2D eigenvalue weighted by Crippen LogP contribution is 2.22. The zero-order valence-electron chi connectivity index (χ0n) is 22.4. The minimum atomic E-state index is -1.21. The number of aliphatic hydroxyl groups is 1. The van der Waals surface area contributed by atoms with E-state index in [0.29, 0.717) is 42.4 Å². The number of H-pyrrole nitrogens is 1. The lowest BCUT2D eigenvalue weighted by Crippen LogP contribution is -2.24. The van der Waals surface area contributed by atoms with Crippen molar-refractivity contribution in [3.8, 4) is 22.8 Å². The summed E-state index contributed by atoms with van der Waals surface area (Å²) in [6, 6.07) is 17.2. The van der Waals surface area contributed by atoms with Gasteiger partial charge in [0.05, 0.1) is 26.1 Å². The monoisotopic (exact) mass is 542 g/mol. The zero-order valence-corrected chi connectivity index (χ0v) is 22.4. The first kappa shape index (κ1) is 26.9. The summed E-state index contributed by atoms with van der Waals surface area (Å²) in [5, 5.41) is 14.4. The van der Waals surface area contributed by atoms with Gasteiger partial charge in [-0.15, -0.1) is 0 Å². The Bertz CT molecular complexity index is 1570. The van der Waals surface area contributed by atoms with E-state index in [1.54, 1.807) is 39.7 Å². The average Bonchev–Trinajstić information content (AvgIpc) is 3.43. The van der Waals surface area contributed by atoms with E-state index in [-0.39, 0.29) is 11.3 Å². The summed E-state index contributed by atoms with van der Waals surface area (Å²) in [7, 11) is 3.28. The first-order chi connectivity index (χ1) is 19.5. The van der Waals surface area contributed by atoms with E-state index in [4.69, 9.17) is 14.2 Å². The normalized spacial score (nSPS) is 11.9. The molecule has 40 heavy (non-hydrogen) atoms. The molecule has 0 amide bonds. The highest BCUT2D eigenvalue weighted by Gasteiger charge is 2.16. The molecule has 3 heterocycles. The first-order valence-corrected chi connectivity index (χ1v) is 12.7. The smallest absolute Gasteiger partial charge is 0.274 e. The third-order valence-corrected chi connectivity index (χ3v) is 6.36. The Labute approximate surface area is 230 Å². The summed E-state index contributed by atoms with van der Waals surface area (Å²) in [4.78, 5) is 26.9. The van der Waals surface area contributed by atoms with Gasteiger partial charge in [0.1, 0.15) is 22.7 Å². The minimum Gasteiger partial charge on any atom is -0.497 e. The minimum absolute atomic E-state index is 0.254. The molecule has 0 saturated carbocycles. The summed E-state index contributed by atoms with van der Waals surface area (Å²) in [5.74, 6) is 2.10. The maximum Gasteiger partial charge on any atom is 0.274 e. The van der Waals surface area contributed by atoms with Crippen LogP contribution in [0.2, 0.25) is 0 Å². The fourth-order valence-electron chi connectivity index (χ4n) is 4.26. The summed E-state index contributed by atoms with van der Waals surface area (Å²) < 4.78 is 17.2. The van der Waals surface area contributed by atoms with Gasteiger partial charge in [-0.1, -0.05) is 24.3 Å². The highest BCUT2D eigenvalue weighted by atomic mass is 16.6. The Morgan fingerprint density at radius 1 is 0.950 bits per heavy atom. The molecule has 11 nitrogen and oxygen atoms in total. The van der Waals surface area contributed by atoms with E-state index in [0.717, 1.165) is 22.6 Å². The number of aromatic amines is 1. The van der Waals surface area contributed by atoms with Crippen LogP contribution in [0.4, 0.5) is 5.95 Å².